The first-order chi connectivity index (χ1) is 10.2. The second kappa shape index (κ2) is 6.65. The van der Waals surface area contributed by atoms with Gasteiger partial charge in [-0.05, 0) is 30.7 Å². The van der Waals surface area contributed by atoms with Crippen molar-refractivity contribution in [3.63, 3.8) is 0 Å². The van der Waals surface area contributed by atoms with Gasteiger partial charge in [0.1, 0.15) is 11.9 Å². The Hall–Kier alpha value is -2.70. The number of hydrogen-bond donors (Lipinski definition) is 1. The Kier molecular flexibility index (Phi) is 4.65. The molecule has 110 valence electrons. The summed E-state index contributed by atoms with van der Waals surface area (Å²) in [6.45, 7) is 2.72. The van der Waals surface area contributed by atoms with Crippen LogP contribution in [0.5, 0.6) is 5.75 Å². The third kappa shape index (κ3) is 3.44. The van der Waals surface area contributed by atoms with Crippen molar-refractivity contribution in [2.45, 2.75) is 13.3 Å². The van der Waals surface area contributed by atoms with E-state index in [4.69, 9.17) is 4.74 Å². The smallest absolute Gasteiger partial charge is 0.313 e. The van der Waals surface area contributed by atoms with Crippen molar-refractivity contribution in [3.05, 3.63) is 40.6 Å². The van der Waals surface area contributed by atoms with E-state index in [1.54, 1.807) is 31.4 Å². The summed E-state index contributed by atoms with van der Waals surface area (Å²) in [5.74, 6) is 1.06. The summed E-state index contributed by atoms with van der Waals surface area (Å²) >= 11 is 0. The fourth-order valence-electron chi connectivity index (χ4n) is 1.79. The molecule has 0 radical (unpaired) electrons. The fourth-order valence-corrected chi connectivity index (χ4v) is 1.79. The molecule has 2 rings (SSSR count). The Balaban J connectivity index is 2.43. The number of nitro groups is 1. The van der Waals surface area contributed by atoms with Gasteiger partial charge in [-0.3, -0.25) is 10.1 Å². The lowest BCUT2D eigenvalue weighted by molar-refractivity contribution is -0.384. The van der Waals surface area contributed by atoms with Crippen molar-refractivity contribution in [1.82, 2.24) is 9.97 Å². The molecular weight excluding hydrogens is 272 g/mol. The highest BCUT2D eigenvalue weighted by Gasteiger charge is 2.18. The first-order valence-electron chi connectivity index (χ1n) is 6.55. The second-order valence-electron chi connectivity index (χ2n) is 4.34. The lowest BCUT2D eigenvalue weighted by atomic mass is 10.1. The van der Waals surface area contributed by atoms with Crippen LogP contribution in [-0.2, 0) is 0 Å². The molecule has 1 heterocycles. The van der Waals surface area contributed by atoms with Crippen molar-refractivity contribution in [3.8, 4) is 17.0 Å². The molecule has 1 N–H and O–H groups in total. The normalized spacial score (nSPS) is 10.2. The van der Waals surface area contributed by atoms with Gasteiger partial charge >= 0.3 is 5.69 Å². The zero-order valence-electron chi connectivity index (χ0n) is 11.9. The van der Waals surface area contributed by atoms with Crippen molar-refractivity contribution in [1.29, 1.82) is 0 Å². The monoisotopic (exact) mass is 288 g/mol. The van der Waals surface area contributed by atoms with Gasteiger partial charge in [0.05, 0.1) is 12.0 Å². The van der Waals surface area contributed by atoms with Crippen molar-refractivity contribution >= 4 is 11.6 Å². The molecule has 2 aromatic rings. The number of ether oxygens (including phenoxy) is 1. The van der Waals surface area contributed by atoms with Gasteiger partial charge in [-0.1, -0.05) is 6.92 Å². The van der Waals surface area contributed by atoms with Crippen LogP contribution in [0.15, 0.2) is 30.5 Å². The van der Waals surface area contributed by atoms with E-state index in [0.29, 0.717) is 23.8 Å². The van der Waals surface area contributed by atoms with E-state index in [1.165, 1.54) is 6.20 Å². The molecule has 0 bridgehead atoms. The zero-order valence-corrected chi connectivity index (χ0v) is 11.9. The molecule has 0 atom stereocenters. The molecule has 7 heteroatoms. The molecule has 0 fully saturated rings. The summed E-state index contributed by atoms with van der Waals surface area (Å²) in [5, 5.41) is 14.1. The summed E-state index contributed by atoms with van der Waals surface area (Å²) in [6, 6.07) is 6.94. The highest BCUT2D eigenvalue weighted by molar-refractivity contribution is 5.70. The van der Waals surface area contributed by atoms with Gasteiger partial charge in [-0.25, -0.2) is 9.97 Å². The van der Waals surface area contributed by atoms with Crippen LogP contribution in [0.25, 0.3) is 11.3 Å². The third-order valence-corrected chi connectivity index (χ3v) is 2.86. The van der Waals surface area contributed by atoms with E-state index >= 15 is 0 Å². The molecule has 7 nitrogen and oxygen atoms in total. The van der Waals surface area contributed by atoms with Crippen molar-refractivity contribution in [2.75, 3.05) is 19.0 Å². The van der Waals surface area contributed by atoms with E-state index < -0.39 is 4.92 Å². The summed E-state index contributed by atoms with van der Waals surface area (Å²) in [6.07, 6.45) is 2.14. The summed E-state index contributed by atoms with van der Waals surface area (Å²) in [4.78, 5) is 18.9. The quantitative estimate of drug-likeness (QED) is 0.649. The number of rotatable bonds is 6. The van der Waals surface area contributed by atoms with E-state index in [9.17, 15) is 10.1 Å². The Labute approximate surface area is 122 Å². The van der Waals surface area contributed by atoms with Crippen LogP contribution >= 0.6 is 0 Å². The van der Waals surface area contributed by atoms with Crippen LogP contribution in [0.1, 0.15) is 13.3 Å². The highest BCUT2D eigenvalue weighted by Crippen LogP contribution is 2.29. The number of methoxy groups -OCH3 is 1. The molecule has 0 aliphatic heterocycles. The Morgan fingerprint density at radius 2 is 2.05 bits per heavy atom. The maximum atomic E-state index is 11.1. The molecule has 0 saturated heterocycles. The topological polar surface area (TPSA) is 90.2 Å². The molecule has 0 amide bonds. The molecule has 1 aromatic carbocycles. The third-order valence-electron chi connectivity index (χ3n) is 2.86. The number of nitrogens with zero attached hydrogens (tertiary/aromatic N) is 3. The molecule has 0 aliphatic carbocycles. The van der Waals surface area contributed by atoms with Gasteiger partial charge < -0.3 is 10.1 Å². The Morgan fingerprint density at radius 1 is 1.33 bits per heavy atom. The average Bonchev–Trinajstić information content (AvgIpc) is 2.52. The molecule has 1 aromatic heterocycles. The van der Waals surface area contributed by atoms with Gasteiger partial charge in [-0.2, -0.15) is 0 Å². The number of benzene rings is 1. The van der Waals surface area contributed by atoms with Crippen LogP contribution in [0.3, 0.4) is 0 Å². The van der Waals surface area contributed by atoms with E-state index in [-0.39, 0.29) is 11.4 Å². The highest BCUT2D eigenvalue weighted by atomic mass is 16.6. The molecule has 0 saturated carbocycles. The Morgan fingerprint density at radius 3 is 2.62 bits per heavy atom. The SMILES string of the molecule is CCCNc1ncc([N+](=O)[O-])c(-c2ccc(OC)cc2)n1. The van der Waals surface area contributed by atoms with Crippen LogP contribution in [0, 0.1) is 10.1 Å². The summed E-state index contributed by atoms with van der Waals surface area (Å²) in [7, 11) is 1.56. The van der Waals surface area contributed by atoms with E-state index in [0.717, 1.165) is 6.42 Å². The van der Waals surface area contributed by atoms with Crippen LogP contribution in [0.4, 0.5) is 11.6 Å². The minimum absolute atomic E-state index is 0.123. The van der Waals surface area contributed by atoms with Crippen molar-refractivity contribution in [2.24, 2.45) is 0 Å². The number of hydrogen-bond acceptors (Lipinski definition) is 6. The van der Waals surface area contributed by atoms with Crippen molar-refractivity contribution < 1.29 is 9.66 Å². The minimum atomic E-state index is -0.483. The maximum Gasteiger partial charge on any atom is 0.313 e. The minimum Gasteiger partial charge on any atom is -0.497 e. The van der Waals surface area contributed by atoms with Gasteiger partial charge in [0.2, 0.25) is 5.95 Å². The largest absolute Gasteiger partial charge is 0.497 e. The first kappa shape index (κ1) is 14.7. The molecule has 0 aliphatic rings. The van der Waals surface area contributed by atoms with E-state index in [1.807, 2.05) is 6.92 Å². The second-order valence-corrected chi connectivity index (χ2v) is 4.34. The Bertz CT molecular complexity index is 629. The van der Waals surface area contributed by atoms with Crippen LogP contribution in [-0.4, -0.2) is 28.5 Å². The van der Waals surface area contributed by atoms with E-state index in [2.05, 4.69) is 15.3 Å². The van der Waals surface area contributed by atoms with Gasteiger partial charge in [0.25, 0.3) is 0 Å². The molecule has 0 spiro atoms. The molecule has 21 heavy (non-hydrogen) atoms. The predicted molar refractivity (Wildman–Crippen MR) is 79.5 cm³/mol. The fraction of sp³-hybridized carbons (Fsp3) is 0.286. The zero-order chi connectivity index (χ0) is 15.2. The summed E-state index contributed by atoms with van der Waals surface area (Å²) in [5.41, 5.74) is 0.808. The standard InChI is InChI=1S/C14H16N4O3/c1-3-8-15-14-16-9-12(18(19)20)13(17-14)10-4-6-11(21-2)7-5-10/h4-7,9H,3,8H2,1-2H3,(H,15,16,17). The first-order valence-corrected chi connectivity index (χ1v) is 6.55. The predicted octanol–water partition coefficient (Wildman–Crippen LogP) is 2.88. The average molecular weight is 288 g/mol. The lowest BCUT2D eigenvalue weighted by Crippen LogP contribution is -2.06. The molecular formula is C14H16N4O3. The number of nitrogens with one attached hydrogen (secondary N) is 1. The summed E-state index contributed by atoms with van der Waals surface area (Å²) < 4.78 is 5.08. The lowest BCUT2D eigenvalue weighted by Gasteiger charge is -2.07. The van der Waals surface area contributed by atoms with Gasteiger partial charge in [-0.15, -0.1) is 0 Å². The van der Waals surface area contributed by atoms with Gasteiger partial charge in [0, 0.05) is 12.1 Å². The van der Waals surface area contributed by atoms with Gasteiger partial charge in [0.15, 0.2) is 5.69 Å². The van der Waals surface area contributed by atoms with Crippen LogP contribution < -0.4 is 10.1 Å². The van der Waals surface area contributed by atoms with Crippen LogP contribution in [0.2, 0.25) is 0 Å². The molecule has 0 unspecified atom stereocenters. The maximum absolute atomic E-state index is 11.1. The number of anilines is 1. The number of aromatic nitrogens is 2.